The van der Waals surface area contributed by atoms with E-state index in [0.29, 0.717) is 0 Å². The maximum absolute atomic E-state index is 4.65. The Hall–Kier alpha value is -1.19. The summed E-state index contributed by atoms with van der Waals surface area (Å²) in [6.45, 7) is 3.93. The van der Waals surface area contributed by atoms with E-state index in [2.05, 4.69) is 40.0 Å². The summed E-state index contributed by atoms with van der Waals surface area (Å²) in [6, 6.07) is 14.3. The molecule has 1 nitrogen and oxygen atoms in total. The zero-order valence-electron chi connectivity index (χ0n) is 8.98. The van der Waals surface area contributed by atoms with Gasteiger partial charge >= 0.3 is 0 Å². The van der Waals surface area contributed by atoms with E-state index in [0.717, 1.165) is 26.1 Å². The Morgan fingerprint density at radius 2 is 1.94 bits per heavy atom. The van der Waals surface area contributed by atoms with Crippen LogP contribution < -0.4 is 0 Å². The first-order chi connectivity index (χ1) is 8.24. The Balaban J connectivity index is 2.22. The van der Waals surface area contributed by atoms with E-state index in [9.17, 15) is 0 Å². The van der Waals surface area contributed by atoms with Crippen LogP contribution in [0.25, 0.3) is 20.8 Å². The fourth-order valence-electron chi connectivity index (χ4n) is 1.72. The van der Waals surface area contributed by atoms with Crippen LogP contribution in [0.1, 0.15) is 5.56 Å². The van der Waals surface area contributed by atoms with Crippen molar-refractivity contribution in [1.29, 1.82) is 0 Å². The lowest BCUT2D eigenvalue weighted by molar-refractivity contribution is 1.46. The minimum absolute atomic E-state index is 1.00. The maximum atomic E-state index is 4.65. The van der Waals surface area contributed by atoms with Crippen LogP contribution in [0.2, 0.25) is 0 Å². The third-order valence-electron chi connectivity index (χ3n) is 2.56. The van der Waals surface area contributed by atoms with Crippen molar-refractivity contribution in [3.63, 3.8) is 0 Å². The fourth-order valence-corrected chi connectivity index (χ4v) is 3.31. The number of aromatic nitrogens is 1. The highest BCUT2D eigenvalue weighted by molar-refractivity contribution is 9.10. The van der Waals surface area contributed by atoms with Gasteiger partial charge in [0.2, 0.25) is 0 Å². The molecule has 0 aliphatic heterocycles. The predicted octanol–water partition coefficient (Wildman–Crippen LogP) is 4.91. The molecule has 83 valence electrons. The number of hydrogen-bond acceptors (Lipinski definition) is 2. The second-order valence-corrected chi connectivity index (χ2v) is 5.69. The van der Waals surface area contributed by atoms with Crippen molar-refractivity contribution in [3.05, 3.63) is 59.4 Å². The summed E-state index contributed by atoms with van der Waals surface area (Å²) >= 11 is 5.26. The van der Waals surface area contributed by atoms with Gasteiger partial charge in [0.15, 0.2) is 0 Å². The molecule has 3 aromatic rings. The number of thiazole rings is 1. The first-order valence-corrected chi connectivity index (χ1v) is 6.82. The molecule has 17 heavy (non-hydrogen) atoms. The standard InChI is InChI=1S/C14H9BrNS/c1-9-6-7-13-12(8-9)16-14(17-13)10-4-2-3-5-11(10)15/h2-8H,1H2. The molecule has 0 amide bonds. The quantitative estimate of drug-likeness (QED) is 0.622. The number of fused-ring (bicyclic) bond motifs is 1. The van der Waals surface area contributed by atoms with Crippen molar-refractivity contribution in [3.8, 4) is 10.6 Å². The van der Waals surface area contributed by atoms with Crippen LogP contribution >= 0.6 is 27.3 Å². The van der Waals surface area contributed by atoms with Crippen LogP contribution in [0.4, 0.5) is 0 Å². The van der Waals surface area contributed by atoms with Crippen LogP contribution in [0, 0.1) is 6.92 Å². The largest absolute Gasteiger partial charge is 0.236 e. The van der Waals surface area contributed by atoms with Gasteiger partial charge in [-0.25, -0.2) is 4.98 Å². The van der Waals surface area contributed by atoms with Gasteiger partial charge in [0.25, 0.3) is 0 Å². The molecule has 0 spiro atoms. The third kappa shape index (κ3) is 2.01. The molecule has 3 rings (SSSR count). The molecule has 0 atom stereocenters. The lowest BCUT2D eigenvalue weighted by Crippen LogP contribution is -1.77. The average Bonchev–Trinajstić information content (AvgIpc) is 2.72. The molecule has 0 N–H and O–H groups in total. The van der Waals surface area contributed by atoms with Gasteiger partial charge in [-0.2, -0.15) is 0 Å². The van der Waals surface area contributed by atoms with Gasteiger partial charge in [-0.05, 0) is 30.7 Å². The SMILES string of the molecule is [CH2]c1ccc2sc(-c3ccccc3Br)nc2c1. The van der Waals surface area contributed by atoms with Gasteiger partial charge in [0.05, 0.1) is 10.2 Å². The number of halogens is 1. The minimum atomic E-state index is 1.00. The summed E-state index contributed by atoms with van der Waals surface area (Å²) in [6.07, 6.45) is 0. The van der Waals surface area contributed by atoms with E-state index in [-0.39, 0.29) is 0 Å². The van der Waals surface area contributed by atoms with E-state index in [4.69, 9.17) is 0 Å². The summed E-state index contributed by atoms with van der Waals surface area (Å²) in [4.78, 5) is 4.65. The molecule has 3 heteroatoms. The molecule has 2 aromatic carbocycles. The van der Waals surface area contributed by atoms with Crippen molar-refractivity contribution in [2.24, 2.45) is 0 Å². The number of rotatable bonds is 1. The van der Waals surface area contributed by atoms with Crippen molar-refractivity contribution in [1.82, 2.24) is 4.98 Å². The van der Waals surface area contributed by atoms with Crippen LogP contribution in [-0.2, 0) is 0 Å². The highest BCUT2D eigenvalue weighted by Crippen LogP contribution is 2.34. The summed E-state index contributed by atoms with van der Waals surface area (Å²) in [7, 11) is 0. The maximum Gasteiger partial charge on any atom is 0.125 e. The Kier molecular flexibility index (Phi) is 2.73. The number of hydrogen-bond donors (Lipinski definition) is 0. The third-order valence-corrected chi connectivity index (χ3v) is 4.32. The summed E-state index contributed by atoms with van der Waals surface area (Å²) in [5.74, 6) is 0. The van der Waals surface area contributed by atoms with Gasteiger partial charge in [0, 0.05) is 10.0 Å². The second kappa shape index (κ2) is 4.24. The van der Waals surface area contributed by atoms with Crippen LogP contribution in [-0.4, -0.2) is 4.98 Å². The van der Waals surface area contributed by atoms with Gasteiger partial charge in [-0.15, -0.1) is 11.3 Å². The van der Waals surface area contributed by atoms with E-state index in [1.807, 2.05) is 30.3 Å². The Morgan fingerprint density at radius 1 is 1.12 bits per heavy atom. The van der Waals surface area contributed by atoms with Crippen molar-refractivity contribution in [2.45, 2.75) is 0 Å². The normalized spacial score (nSPS) is 10.9. The second-order valence-electron chi connectivity index (χ2n) is 3.80. The van der Waals surface area contributed by atoms with E-state index in [1.165, 1.54) is 4.70 Å². The van der Waals surface area contributed by atoms with Crippen molar-refractivity contribution in [2.75, 3.05) is 0 Å². The summed E-state index contributed by atoms with van der Waals surface area (Å²) < 4.78 is 2.28. The predicted molar refractivity (Wildman–Crippen MR) is 77.2 cm³/mol. The average molecular weight is 303 g/mol. The van der Waals surface area contributed by atoms with Crippen LogP contribution in [0.3, 0.4) is 0 Å². The molecule has 0 aliphatic rings. The Bertz CT molecular complexity index is 688. The lowest BCUT2D eigenvalue weighted by Gasteiger charge is -1.97. The number of nitrogens with zero attached hydrogens (tertiary/aromatic N) is 1. The van der Waals surface area contributed by atoms with Crippen LogP contribution in [0.15, 0.2) is 46.9 Å². The van der Waals surface area contributed by atoms with Gasteiger partial charge in [-0.3, -0.25) is 0 Å². The summed E-state index contributed by atoms with van der Waals surface area (Å²) in [5, 5.41) is 1.04. The first-order valence-electron chi connectivity index (χ1n) is 5.21. The molecule has 1 heterocycles. The van der Waals surface area contributed by atoms with Gasteiger partial charge in [-0.1, -0.05) is 40.2 Å². The molecule has 0 saturated heterocycles. The van der Waals surface area contributed by atoms with E-state index >= 15 is 0 Å². The van der Waals surface area contributed by atoms with Gasteiger partial charge < -0.3 is 0 Å². The van der Waals surface area contributed by atoms with Crippen molar-refractivity contribution < 1.29 is 0 Å². The van der Waals surface area contributed by atoms with E-state index < -0.39 is 0 Å². The lowest BCUT2D eigenvalue weighted by atomic mass is 10.2. The first kappa shape index (κ1) is 10.9. The molecular weight excluding hydrogens is 294 g/mol. The van der Waals surface area contributed by atoms with E-state index in [1.54, 1.807) is 11.3 Å². The fraction of sp³-hybridized carbons (Fsp3) is 0. The summed E-state index contributed by atoms with van der Waals surface area (Å²) in [5.41, 5.74) is 3.16. The molecule has 0 bridgehead atoms. The van der Waals surface area contributed by atoms with Gasteiger partial charge in [0.1, 0.15) is 5.01 Å². The Labute approximate surface area is 112 Å². The minimum Gasteiger partial charge on any atom is -0.236 e. The molecule has 1 radical (unpaired) electrons. The molecule has 0 aliphatic carbocycles. The molecule has 1 aromatic heterocycles. The monoisotopic (exact) mass is 302 g/mol. The zero-order chi connectivity index (χ0) is 11.8. The molecule has 0 fully saturated rings. The molecule has 0 unspecified atom stereocenters. The molecular formula is C14H9BrNS. The topological polar surface area (TPSA) is 12.9 Å². The number of benzene rings is 2. The Morgan fingerprint density at radius 3 is 2.76 bits per heavy atom. The smallest absolute Gasteiger partial charge is 0.125 e. The highest BCUT2D eigenvalue weighted by Gasteiger charge is 2.08. The van der Waals surface area contributed by atoms with Crippen molar-refractivity contribution >= 4 is 37.5 Å². The zero-order valence-corrected chi connectivity index (χ0v) is 11.4. The highest BCUT2D eigenvalue weighted by atomic mass is 79.9. The van der Waals surface area contributed by atoms with Crippen LogP contribution in [0.5, 0.6) is 0 Å². The molecule has 0 saturated carbocycles.